The van der Waals surface area contributed by atoms with Gasteiger partial charge in [0.25, 0.3) is 0 Å². The highest BCUT2D eigenvalue weighted by Crippen LogP contribution is 2.27. The van der Waals surface area contributed by atoms with Crippen molar-refractivity contribution in [2.24, 2.45) is 0 Å². The highest BCUT2D eigenvalue weighted by atomic mass is 79.9. The van der Waals surface area contributed by atoms with Gasteiger partial charge in [-0.1, -0.05) is 17.3 Å². The van der Waals surface area contributed by atoms with Crippen molar-refractivity contribution in [3.8, 4) is 16.8 Å². The molecule has 0 unspecified atom stereocenters. The van der Waals surface area contributed by atoms with Crippen LogP contribution < -0.4 is 0 Å². The lowest BCUT2D eigenvalue weighted by atomic mass is 10.1. The van der Waals surface area contributed by atoms with Crippen molar-refractivity contribution in [1.82, 2.24) is 19.9 Å². The molecular formula is C20H20BrN5OS. The van der Waals surface area contributed by atoms with Gasteiger partial charge < -0.3 is 4.52 Å². The Kier molecular flexibility index (Phi) is 6.17. The molecule has 2 aromatic heterocycles. The van der Waals surface area contributed by atoms with Gasteiger partial charge in [-0.3, -0.25) is 9.80 Å². The van der Waals surface area contributed by atoms with Gasteiger partial charge in [-0.15, -0.1) is 11.3 Å². The number of thiophene rings is 1. The fourth-order valence-electron chi connectivity index (χ4n) is 3.32. The molecule has 0 radical (unpaired) electrons. The van der Waals surface area contributed by atoms with E-state index in [0.29, 0.717) is 23.8 Å². The quantitative estimate of drug-likeness (QED) is 0.573. The van der Waals surface area contributed by atoms with Crippen molar-refractivity contribution in [2.45, 2.75) is 19.5 Å². The van der Waals surface area contributed by atoms with E-state index in [9.17, 15) is 0 Å². The Bertz CT molecular complexity index is 962. The Labute approximate surface area is 176 Å². The SMILES string of the molecule is N#Cc1ccc(CN2CCCN(Cc3nc(-c4cc(Br)cs4)no3)CC2)cc1. The topological polar surface area (TPSA) is 69.2 Å². The first-order valence-electron chi connectivity index (χ1n) is 9.20. The minimum absolute atomic E-state index is 0.656. The van der Waals surface area contributed by atoms with Crippen LogP contribution in [0.1, 0.15) is 23.4 Å². The summed E-state index contributed by atoms with van der Waals surface area (Å²) in [5.74, 6) is 1.32. The third kappa shape index (κ3) is 4.86. The molecule has 0 saturated carbocycles. The van der Waals surface area contributed by atoms with E-state index < -0.39 is 0 Å². The van der Waals surface area contributed by atoms with Crippen molar-refractivity contribution in [1.29, 1.82) is 5.26 Å². The van der Waals surface area contributed by atoms with E-state index >= 15 is 0 Å². The molecule has 0 aliphatic carbocycles. The van der Waals surface area contributed by atoms with Crippen LogP contribution in [-0.4, -0.2) is 46.1 Å². The summed E-state index contributed by atoms with van der Waals surface area (Å²) in [4.78, 5) is 10.4. The van der Waals surface area contributed by atoms with Crippen molar-refractivity contribution >= 4 is 27.3 Å². The Hall–Kier alpha value is -2.05. The molecular weight excluding hydrogens is 438 g/mol. The van der Waals surface area contributed by atoms with E-state index in [1.165, 1.54) is 5.56 Å². The summed E-state index contributed by atoms with van der Waals surface area (Å²) in [6.45, 7) is 5.65. The Balaban J connectivity index is 1.31. The molecule has 3 aromatic rings. The highest BCUT2D eigenvalue weighted by Gasteiger charge is 2.18. The molecule has 0 amide bonds. The van der Waals surface area contributed by atoms with Gasteiger partial charge in [0.15, 0.2) is 0 Å². The lowest BCUT2D eigenvalue weighted by Crippen LogP contribution is -2.30. The first-order chi connectivity index (χ1) is 13.7. The fourth-order valence-corrected chi connectivity index (χ4v) is 4.68. The van der Waals surface area contributed by atoms with Crippen LogP contribution in [0.3, 0.4) is 0 Å². The highest BCUT2D eigenvalue weighted by molar-refractivity contribution is 9.10. The van der Waals surface area contributed by atoms with E-state index in [4.69, 9.17) is 9.78 Å². The van der Waals surface area contributed by atoms with Gasteiger partial charge in [-0.2, -0.15) is 10.2 Å². The van der Waals surface area contributed by atoms with Crippen molar-refractivity contribution in [3.63, 3.8) is 0 Å². The minimum Gasteiger partial charge on any atom is -0.338 e. The van der Waals surface area contributed by atoms with Gasteiger partial charge in [0.2, 0.25) is 11.7 Å². The molecule has 28 heavy (non-hydrogen) atoms. The van der Waals surface area contributed by atoms with Gasteiger partial charge in [0, 0.05) is 29.5 Å². The monoisotopic (exact) mass is 457 g/mol. The van der Waals surface area contributed by atoms with Gasteiger partial charge in [0.05, 0.1) is 23.1 Å². The van der Waals surface area contributed by atoms with Crippen LogP contribution in [0, 0.1) is 11.3 Å². The zero-order valence-corrected chi connectivity index (χ0v) is 17.7. The maximum absolute atomic E-state index is 8.92. The molecule has 0 atom stereocenters. The van der Waals surface area contributed by atoms with Crippen LogP contribution in [0.5, 0.6) is 0 Å². The number of nitriles is 1. The second-order valence-electron chi connectivity index (χ2n) is 6.86. The van der Waals surface area contributed by atoms with E-state index in [0.717, 1.165) is 48.5 Å². The van der Waals surface area contributed by atoms with Crippen LogP contribution in [-0.2, 0) is 13.1 Å². The number of benzene rings is 1. The van der Waals surface area contributed by atoms with E-state index in [1.54, 1.807) is 11.3 Å². The van der Waals surface area contributed by atoms with Crippen LogP contribution >= 0.6 is 27.3 Å². The van der Waals surface area contributed by atoms with Crippen molar-refractivity contribution in [3.05, 3.63) is 57.2 Å². The lowest BCUT2D eigenvalue weighted by Gasteiger charge is -2.21. The maximum atomic E-state index is 8.92. The normalized spacial score (nSPS) is 16.0. The molecule has 0 spiro atoms. The number of hydrogen-bond donors (Lipinski definition) is 0. The smallest absolute Gasteiger partial charge is 0.241 e. The molecule has 6 nitrogen and oxygen atoms in total. The lowest BCUT2D eigenvalue weighted by molar-refractivity contribution is 0.222. The average molecular weight is 458 g/mol. The van der Waals surface area contributed by atoms with Crippen molar-refractivity contribution < 1.29 is 4.52 Å². The molecule has 1 fully saturated rings. The van der Waals surface area contributed by atoms with Gasteiger partial charge >= 0.3 is 0 Å². The van der Waals surface area contributed by atoms with Gasteiger partial charge in [0.1, 0.15) is 0 Å². The summed E-state index contributed by atoms with van der Waals surface area (Å²) < 4.78 is 6.50. The molecule has 1 aliphatic rings. The first kappa shape index (κ1) is 19.3. The summed E-state index contributed by atoms with van der Waals surface area (Å²) >= 11 is 5.06. The molecule has 3 heterocycles. The summed E-state index contributed by atoms with van der Waals surface area (Å²) in [5, 5.41) is 15.1. The largest absolute Gasteiger partial charge is 0.338 e. The molecule has 0 bridgehead atoms. The average Bonchev–Trinajstić information content (AvgIpc) is 3.29. The van der Waals surface area contributed by atoms with Crippen LogP contribution in [0.25, 0.3) is 10.7 Å². The predicted molar refractivity (Wildman–Crippen MR) is 112 cm³/mol. The predicted octanol–water partition coefficient (Wildman–Crippen LogP) is 4.14. The molecule has 8 heteroatoms. The third-order valence-corrected chi connectivity index (χ3v) is 6.47. The molecule has 1 aliphatic heterocycles. The zero-order chi connectivity index (χ0) is 19.3. The number of hydrogen-bond acceptors (Lipinski definition) is 7. The van der Waals surface area contributed by atoms with Crippen LogP contribution in [0.15, 0.2) is 44.7 Å². The maximum Gasteiger partial charge on any atom is 0.241 e. The standard InChI is InChI=1S/C20H20BrN5OS/c21-17-10-18(28-14-17)20-23-19(27-24-20)13-26-7-1-6-25(8-9-26)12-16-4-2-15(11-22)3-5-16/h2-5,10,14H,1,6-9,12-13H2. The summed E-state index contributed by atoms with van der Waals surface area (Å²) in [7, 11) is 0. The number of rotatable bonds is 5. The summed E-state index contributed by atoms with van der Waals surface area (Å²) in [6.07, 6.45) is 1.11. The van der Waals surface area contributed by atoms with E-state index in [2.05, 4.69) is 41.9 Å². The Morgan fingerprint density at radius 3 is 2.54 bits per heavy atom. The second kappa shape index (κ2) is 8.97. The van der Waals surface area contributed by atoms with E-state index in [-0.39, 0.29) is 0 Å². The first-order valence-corrected chi connectivity index (χ1v) is 10.9. The number of halogens is 1. The second-order valence-corrected chi connectivity index (χ2v) is 8.68. The Morgan fingerprint density at radius 2 is 1.86 bits per heavy atom. The van der Waals surface area contributed by atoms with E-state index in [1.807, 2.05) is 35.7 Å². The molecule has 4 rings (SSSR count). The van der Waals surface area contributed by atoms with Crippen molar-refractivity contribution in [2.75, 3.05) is 26.2 Å². The number of nitrogens with zero attached hydrogens (tertiary/aromatic N) is 5. The Morgan fingerprint density at radius 1 is 1.11 bits per heavy atom. The summed E-state index contributed by atoms with van der Waals surface area (Å²) in [5.41, 5.74) is 1.95. The van der Waals surface area contributed by atoms with Gasteiger partial charge in [-0.25, -0.2) is 0 Å². The zero-order valence-electron chi connectivity index (χ0n) is 15.3. The molecule has 0 N–H and O–H groups in total. The number of aromatic nitrogens is 2. The van der Waals surface area contributed by atoms with Crippen LogP contribution in [0.4, 0.5) is 0 Å². The molecule has 1 saturated heterocycles. The van der Waals surface area contributed by atoms with Gasteiger partial charge in [-0.05, 0) is 59.2 Å². The van der Waals surface area contributed by atoms with Crippen LogP contribution in [0.2, 0.25) is 0 Å². The third-order valence-electron chi connectivity index (χ3n) is 4.79. The minimum atomic E-state index is 0.656. The fraction of sp³-hybridized carbons (Fsp3) is 0.350. The summed E-state index contributed by atoms with van der Waals surface area (Å²) in [6, 6.07) is 12.0. The molecule has 144 valence electrons. The molecule has 1 aromatic carbocycles.